The molecule has 3 aromatic rings. The first-order valence-corrected chi connectivity index (χ1v) is 7.29. The number of rotatable bonds is 4. The van der Waals surface area contributed by atoms with Crippen LogP contribution in [0.25, 0.3) is 0 Å². The third kappa shape index (κ3) is 2.54. The molecule has 0 aliphatic rings. The van der Waals surface area contributed by atoms with Crippen molar-refractivity contribution in [1.29, 1.82) is 0 Å². The molecule has 0 aliphatic heterocycles. The van der Waals surface area contributed by atoms with Gasteiger partial charge < -0.3 is 10.2 Å². The fraction of sp³-hybridized carbons (Fsp3) is 0.100. The lowest BCUT2D eigenvalue weighted by molar-refractivity contribution is -0.0517. The average molecular weight is 290 g/mol. The summed E-state index contributed by atoms with van der Waals surface area (Å²) in [7, 11) is 0. The molecule has 3 aromatic carbocycles. The molecular formula is C20H18O2. The monoisotopic (exact) mass is 290 g/mol. The highest BCUT2D eigenvalue weighted by Gasteiger charge is 2.40. The van der Waals surface area contributed by atoms with Gasteiger partial charge in [-0.3, -0.25) is 0 Å². The Morgan fingerprint density at radius 2 is 0.955 bits per heavy atom. The van der Waals surface area contributed by atoms with Gasteiger partial charge in [-0.2, -0.15) is 0 Å². The first kappa shape index (κ1) is 14.5. The van der Waals surface area contributed by atoms with Gasteiger partial charge in [-0.05, 0) is 16.7 Å². The van der Waals surface area contributed by atoms with E-state index in [4.69, 9.17) is 0 Å². The molecule has 3 rings (SSSR count). The Morgan fingerprint density at radius 3 is 1.36 bits per heavy atom. The van der Waals surface area contributed by atoms with Gasteiger partial charge in [0.15, 0.2) is 0 Å². The second-order valence-corrected chi connectivity index (χ2v) is 5.31. The normalized spacial score (nSPS) is 12.8. The van der Waals surface area contributed by atoms with E-state index in [0.29, 0.717) is 16.7 Å². The molecule has 0 fully saturated rings. The lowest BCUT2D eigenvalue weighted by atomic mass is 9.79. The van der Waals surface area contributed by atoms with Gasteiger partial charge in [-0.1, -0.05) is 91.0 Å². The number of hydrogen-bond acceptors (Lipinski definition) is 2. The molecule has 1 atom stereocenters. The second kappa shape index (κ2) is 6.14. The average Bonchev–Trinajstić information content (AvgIpc) is 2.62. The Hall–Kier alpha value is -2.42. The van der Waals surface area contributed by atoms with Crippen molar-refractivity contribution in [2.24, 2.45) is 0 Å². The highest BCUT2D eigenvalue weighted by atomic mass is 16.3. The van der Waals surface area contributed by atoms with Crippen LogP contribution >= 0.6 is 0 Å². The van der Waals surface area contributed by atoms with E-state index in [2.05, 4.69) is 0 Å². The largest absolute Gasteiger partial charge is 0.385 e. The first-order valence-electron chi connectivity index (χ1n) is 7.29. The minimum Gasteiger partial charge on any atom is -0.385 e. The van der Waals surface area contributed by atoms with Crippen LogP contribution in [-0.2, 0) is 5.60 Å². The Balaban J connectivity index is 2.16. The molecule has 0 aromatic heterocycles. The molecule has 0 saturated heterocycles. The number of aliphatic hydroxyl groups excluding tert-OH is 1. The van der Waals surface area contributed by atoms with Gasteiger partial charge in [0.05, 0.1) is 0 Å². The van der Waals surface area contributed by atoms with Crippen LogP contribution in [0.3, 0.4) is 0 Å². The lowest BCUT2D eigenvalue weighted by Crippen LogP contribution is -2.35. The molecule has 0 unspecified atom stereocenters. The highest BCUT2D eigenvalue weighted by molar-refractivity contribution is 5.40. The SMILES string of the molecule is O[C@@H](c1ccccc1)C(O)(c1ccccc1)c1ccccc1. The summed E-state index contributed by atoms with van der Waals surface area (Å²) in [6.07, 6.45) is -1.06. The summed E-state index contributed by atoms with van der Waals surface area (Å²) in [4.78, 5) is 0. The van der Waals surface area contributed by atoms with Crippen LogP contribution in [0.1, 0.15) is 22.8 Å². The van der Waals surface area contributed by atoms with Gasteiger partial charge in [0, 0.05) is 0 Å². The summed E-state index contributed by atoms with van der Waals surface area (Å²) in [6, 6.07) is 27.8. The predicted octanol–water partition coefficient (Wildman–Crippen LogP) is 3.66. The first-order chi connectivity index (χ1) is 10.7. The van der Waals surface area contributed by atoms with Crippen LogP contribution in [-0.4, -0.2) is 10.2 Å². The molecule has 0 radical (unpaired) electrons. The lowest BCUT2D eigenvalue weighted by Gasteiger charge is -2.34. The van der Waals surface area contributed by atoms with Crippen LogP contribution in [0.15, 0.2) is 91.0 Å². The van der Waals surface area contributed by atoms with E-state index in [1.54, 1.807) is 0 Å². The van der Waals surface area contributed by atoms with E-state index >= 15 is 0 Å². The van der Waals surface area contributed by atoms with E-state index in [1.807, 2.05) is 91.0 Å². The van der Waals surface area contributed by atoms with Crippen LogP contribution in [0.2, 0.25) is 0 Å². The van der Waals surface area contributed by atoms with Crippen molar-refractivity contribution < 1.29 is 10.2 Å². The molecule has 2 nitrogen and oxygen atoms in total. The van der Waals surface area contributed by atoms with Crippen molar-refractivity contribution in [1.82, 2.24) is 0 Å². The van der Waals surface area contributed by atoms with Crippen molar-refractivity contribution in [3.8, 4) is 0 Å². The Kier molecular flexibility index (Phi) is 4.05. The van der Waals surface area contributed by atoms with E-state index in [1.165, 1.54) is 0 Å². The molecule has 22 heavy (non-hydrogen) atoms. The fourth-order valence-corrected chi connectivity index (χ4v) is 2.74. The van der Waals surface area contributed by atoms with Crippen molar-refractivity contribution >= 4 is 0 Å². The van der Waals surface area contributed by atoms with E-state index in [-0.39, 0.29) is 0 Å². The number of benzene rings is 3. The van der Waals surface area contributed by atoms with Crippen LogP contribution in [0.4, 0.5) is 0 Å². The van der Waals surface area contributed by atoms with Crippen LogP contribution in [0, 0.1) is 0 Å². The minimum atomic E-state index is -1.50. The summed E-state index contributed by atoms with van der Waals surface area (Å²) in [6.45, 7) is 0. The van der Waals surface area contributed by atoms with Gasteiger partial charge in [-0.15, -0.1) is 0 Å². The summed E-state index contributed by atoms with van der Waals surface area (Å²) in [5.74, 6) is 0. The number of hydrogen-bond donors (Lipinski definition) is 2. The van der Waals surface area contributed by atoms with Crippen LogP contribution in [0.5, 0.6) is 0 Å². The molecule has 2 N–H and O–H groups in total. The zero-order valence-corrected chi connectivity index (χ0v) is 12.1. The molecule has 0 spiro atoms. The van der Waals surface area contributed by atoms with Gasteiger partial charge in [-0.25, -0.2) is 0 Å². The molecule has 2 heteroatoms. The van der Waals surface area contributed by atoms with Crippen molar-refractivity contribution in [3.63, 3.8) is 0 Å². The van der Waals surface area contributed by atoms with Gasteiger partial charge in [0.1, 0.15) is 11.7 Å². The zero-order valence-electron chi connectivity index (χ0n) is 12.1. The molecular weight excluding hydrogens is 272 g/mol. The standard InChI is InChI=1S/C20H18O2/c21-19(16-10-4-1-5-11-16)20(22,17-12-6-2-7-13-17)18-14-8-3-9-15-18/h1-15,19,21-22H/t19-/m0/s1. The zero-order chi connectivity index (χ0) is 15.4. The van der Waals surface area contributed by atoms with E-state index in [9.17, 15) is 10.2 Å². The van der Waals surface area contributed by atoms with Crippen molar-refractivity contribution in [3.05, 3.63) is 108 Å². The maximum atomic E-state index is 11.4. The molecule has 0 saturated carbocycles. The summed E-state index contributed by atoms with van der Waals surface area (Å²) in [5.41, 5.74) is 0.511. The van der Waals surface area contributed by atoms with Crippen LogP contribution < -0.4 is 0 Å². The minimum absolute atomic E-state index is 0.664. The third-order valence-electron chi connectivity index (χ3n) is 3.94. The molecule has 0 heterocycles. The van der Waals surface area contributed by atoms with Gasteiger partial charge in [0.25, 0.3) is 0 Å². The van der Waals surface area contributed by atoms with Gasteiger partial charge in [0.2, 0.25) is 0 Å². The molecule has 0 aliphatic carbocycles. The third-order valence-corrected chi connectivity index (χ3v) is 3.94. The summed E-state index contributed by atoms with van der Waals surface area (Å²) < 4.78 is 0. The quantitative estimate of drug-likeness (QED) is 0.770. The molecule has 110 valence electrons. The molecule has 0 bridgehead atoms. The second-order valence-electron chi connectivity index (χ2n) is 5.31. The van der Waals surface area contributed by atoms with E-state index in [0.717, 1.165) is 0 Å². The Bertz CT molecular complexity index is 669. The summed E-state index contributed by atoms with van der Waals surface area (Å²) >= 11 is 0. The van der Waals surface area contributed by atoms with Crippen molar-refractivity contribution in [2.75, 3.05) is 0 Å². The maximum absolute atomic E-state index is 11.4. The topological polar surface area (TPSA) is 40.5 Å². The highest BCUT2D eigenvalue weighted by Crippen LogP contribution is 2.40. The van der Waals surface area contributed by atoms with E-state index < -0.39 is 11.7 Å². The predicted molar refractivity (Wildman–Crippen MR) is 87.3 cm³/mol. The number of aliphatic hydroxyl groups is 2. The van der Waals surface area contributed by atoms with Crippen molar-refractivity contribution in [2.45, 2.75) is 11.7 Å². The fourth-order valence-electron chi connectivity index (χ4n) is 2.74. The Labute approximate surface area is 130 Å². The van der Waals surface area contributed by atoms with Gasteiger partial charge >= 0.3 is 0 Å². The molecule has 0 amide bonds. The Morgan fingerprint density at radius 1 is 0.591 bits per heavy atom. The summed E-state index contributed by atoms with van der Waals surface area (Å²) in [5, 5.41) is 22.3. The maximum Gasteiger partial charge on any atom is 0.145 e. The smallest absolute Gasteiger partial charge is 0.145 e.